The molecule has 0 radical (unpaired) electrons. The predicted molar refractivity (Wildman–Crippen MR) is 67.1 cm³/mol. The van der Waals surface area contributed by atoms with E-state index in [0.717, 1.165) is 19.6 Å². The van der Waals surface area contributed by atoms with E-state index in [2.05, 4.69) is 31.1 Å². The van der Waals surface area contributed by atoms with Crippen molar-refractivity contribution in [3.8, 4) is 0 Å². The fourth-order valence-electron chi connectivity index (χ4n) is 2.02. The maximum absolute atomic E-state index is 5.53. The molecule has 1 aromatic heterocycles. The van der Waals surface area contributed by atoms with Crippen molar-refractivity contribution in [2.75, 3.05) is 13.2 Å². The summed E-state index contributed by atoms with van der Waals surface area (Å²) < 4.78 is 5.53. The van der Waals surface area contributed by atoms with Gasteiger partial charge in [0.05, 0.1) is 11.1 Å². The number of hydrogen-bond acceptors (Lipinski definition) is 4. The fraction of sp³-hybridized carbons (Fsp3) is 0.750. The van der Waals surface area contributed by atoms with Gasteiger partial charge in [0, 0.05) is 36.2 Å². The normalized spacial score (nSPS) is 27.2. The van der Waals surface area contributed by atoms with Crippen LogP contribution in [0.25, 0.3) is 0 Å². The monoisotopic (exact) mass is 240 g/mol. The van der Waals surface area contributed by atoms with Crippen LogP contribution in [0.3, 0.4) is 0 Å². The first kappa shape index (κ1) is 12.0. The van der Waals surface area contributed by atoms with Gasteiger partial charge in [-0.2, -0.15) is 0 Å². The Kier molecular flexibility index (Phi) is 3.95. The Morgan fingerprint density at radius 1 is 1.69 bits per heavy atom. The van der Waals surface area contributed by atoms with E-state index in [0.29, 0.717) is 18.1 Å². The van der Waals surface area contributed by atoms with Crippen LogP contribution >= 0.6 is 11.3 Å². The molecule has 0 bridgehead atoms. The molecule has 0 aliphatic carbocycles. The zero-order valence-corrected chi connectivity index (χ0v) is 11.0. The number of aryl methyl sites for hydroxylation is 1. The topological polar surface area (TPSA) is 34.2 Å². The molecule has 1 N–H and O–H groups in total. The van der Waals surface area contributed by atoms with Crippen molar-refractivity contribution >= 4 is 11.3 Å². The van der Waals surface area contributed by atoms with E-state index >= 15 is 0 Å². The Labute approximate surface area is 101 Å². The molecule has 1 aliphatic heterocycles. The minimum atomic E-state index is 0.352. The second kappa shape index (κ2) is 5.25. The highest BCUT2D eigenvalue weighted by Crippen LogP contribution is 2.21. The van der Waals surface area contributed by atoms with Crippen LogP contribution < -0.4 is 5.32 Å². The van der Waals surface area contributed by atoms with E-state index < -0.39 is 0 Å². The summed E-state index contributed by atoms with van der Waals surface area (Å²) in [6, 6.07) is 0.517. The van der Waals surface area contributed by atoms with Crippen LogP contribution in [0, 0.1) is 6.92 Å². The van der Waals surface area contributed by atoms with Crippen molar-refractivity contribution in [1.29, 1.82) is 0 Å². The fourth-order valence-corrected chi connectivity index (χ4v) is 2.84. The highest BCUT2D eigenvalue weighted by atomic mass is 32.1. The lowest BCUT2D eigenvalue weighted by Crippen LogP contribution is -2.36. The smallest absolute Gasteiger partial charge is 0.0968 e. The van der Waals surface area contributed by atoms with Gasteiger partial charge in [0.1, 0.15) is 0 Å². The van der Waals surface area contributed by atoms with E-state index in [9.17, 15) is 0 Å². The minimum Gasteiger partial charge on any atom is -0.377 e. The van der Waals surface area contributed by atoms with Crippen LogP contribution in [0.15, 0.2) is 6.20 Å². The lowest BCUT2D eigenvalue weighted by Gasteiger charge is -2.18. The molecular weight excluding hydrogens is 220 g/mol. The maximum atomic E-state index is 5.53. The summed E-state index contributed by atoms with van der Waals surface area (Å²) >= 11 is 1.80. The number of rotatable bonds is 4. The van der Waals surface area contributed by atoms with Crippen molar-refractivity contribution in [2.24, 2.45) is 0 Å². The van der Waals surface area contributed by atoms with Gasteiger partial charge < -0.3 is 10.1 Å². The number of hydrogen-bond donors (Lipinski definition) is 1. The first-order chi connectivity index (χ1) is 7.66. The van der Waals surface area contributed by atoms with Crippen LogP contribution in [-0.4, -0.2) is 30.3 Å². The number of nitrogens with zero attached hydrogens (tertiary/aromatic N) is 1. The number of thiazole rings is 1. The molecule has 2 heterocycles. The second-order valence-electron chi connectivity index (χ2n) is 4.59. The van der Waals surface area contributed by atoms with E-state index in [1.165, 1.54) is 9.88 Å². The second-order valence-corrected chi connectivity index (χ2v) is 5.86. The van der Waals surface area contributed by atoms with Crippen molar-refractivity contribution < 1.29 is 4.74 Å². The molecule has 0 amide bonds. The highest BCUT2D eigenvalue weighted by Gasteiger charge is 2.24. The zero-order chi connectivity index (χ0) is 11.5. The quantitative estimate of drug-likeness (QED) is 0.877. The molecule has 3 atom stereocenters. The molecule has 1 fully saturated rings. The number of aromatic nitrogens is 1. The van der Waals surface area contributed by atoms with E-state index in [-0.39, 0.29) is 0 Å². The molecule has 1 aromatic rings. The molecule has 3 unspecified atom stereocenters. The van der Waals surface area contributed by atoms with Crippen LogP contribution in [-0.2, 0) is 4.74 Å². The van der Waals surface area contributed by atoms with Gasteiger partial charge in [-0.15, -0.1) is 11.3 Å². The largest absolute Gasteiger partial charge is 0.377 e. The highest BCUT2D eigenvalue weighted by molar-refractivity contribution is 7.11. The molecule has 0 aromatic carbocycles. The first-order valence-electron chi connectivity index (χ1n) is 5.94. The molecule has 4 heteroatoms. The predicted octanol–water partition coefficient (Wildman–Crippen LogP) is 2.32. The molecule has 1 saturated heterocycles. The van der Waals surface area contributed by atoms with Crippen molar-refractivity contribution in [3.63, 3.8) is 0 Å². The molecule has 0 saturated carbocycles. The summed E-state index contributed by atoms with van der Waals surface area (Å²) in [5.74, 6) is 0.492. The number of nitrogens with one attached hydrogen (secondary N) is 1. The summed E-state index contributed by atoms with van der Waals surface area (Å²) in [5, 5.41) is 4.81. The van der Waals surface area contributed by atoms with Gasteiger partial charge in [-0.3, -0.25) is 0 Å². The third-order valence-electron chi connectivity index (χ3n) is 3.12. The molecule has 2 rings (SSSR count). The van der Waals surface area contributed by atoms with Gasteiger partial charge in [-0.1, -0.05) is 6.92 Å². The van der Waals surface area contributed by atoms with E-state index in [4.69, 9.17) is 4.74 Å². The van der Waals surface area contributed by atoms with Gasteiger partial charge in [0.15, 0.2) is 0 Å². The third-order valence-corrected chi connectivity index (χ3v) is 4.27. The van der Waals surface area contributed by atoms with Gasteiger partial charge in [0.2, 0.25) is 0 Å². The Morgan fingerprint density at radius 2 is 2.50 bits per heavy atom. The SMILES string of the molecule is Cc1cnc(C(C)CNC2CCOC2C)s1. The van der Waals surface area contributed by atoms with Gasteiger partial charge in [-0.05, 0) is 20.3 Å². The maximum Gasteiger partial charge on any atom is 0.0968 e. The van der Waals surface area contributed by atoms with Crippen LogP contribution in [0.1, 0.15) is 36.1 Å². The van der Waals surface area contributed by atoms with Crippen LogP contribution in [0.5, 0.6) is 0 Å². The van der Waals surface area contributed by atoms with Crippen molar-refractivity contribution in [3.05, 3.63) is 16.1 Å². The molecule has 3 nitrogen and oxygen atoms in total. The van der Waals surface area contributed by atoms with Gasteiger partial charge >= 0.3 is 0 Å². The lowest BCUT2D eigenvalue weighted by molar-refractivity contribution is 0.113. The molecule has 1 aliphatic rings. The number of ether oxygens (including phenoxy) is 1. The van der Waals surface area contributed by atoms with E-state index in [1.54, 1.807) is 11.3 Å². The molecule has 90 valence electrons. The Bertz CT molecular complexity index is 340. The Balaban J connectivity index is 1.81. The van der Waals surface area contributed by atoms with E-state index in [1.807, 2.05) is 6.20 Å². The van der Waals surface area contributed by atoms with Crippen molar-refractivity contribution in [1.82, 2.24) is 10.3 Å². The summed E-state index contributed by atoms with van der Waals surface area (Å²) in [7, 11) is 0. The first-order valence-corrected chi connectivity index (χ1v) is 6.76. The third kappa shape index (κ3) is 2.81. The summed E-state index contributed by atoms with van der Waals surface area (Å²) in [6.45, 7) is 8.36. The minimum absolute atomic E-state index is 0.352. The Morgan fingerprint density at radius 3 is 3.06 bits per heavy atom. The average Bonchev–Trinajstić information content (AvgIpc) is 2.84. The Hall–Kier alpha value is -0.450. The summed E-state index contributed by atoms with van der Waals surface area (Å²) in [5.41, 5.74) is 0. The zero-order valence-electron chi connectivity index (χ0n) is 10.2. The molecular formula is C12H20N2OS. The molecule has 16 heavy (non-hydrogen) atoms. The average molecular weight is 240 g/mol. The summed E-state index contributed by atoms with van der Waals surface area (Å²) in [6.07, 6.45) is 3.44. The van der Waals surface area contributed by atoms with Gasteiger partial charge in [-0.25, -0.2) is 4.98 Å². The van der Waals surface area contributed by atoms with Crippen molar-refractivity contribution in [2.45, 2.75) is 45.3 Å². The van der Waals surface area contributed by atoms with Gasteiger partial charge in [0.25, 0.3) is 0 Å². The van der Waals surface area contributed by atoms with Crippen LogP contribution in [0.2, 0.25) is 0 Å². The standard InChI is InChI=1S/C12H20N2OS/c1-8(12-14-7-9(2)16-12)6-13-11-4-5-15-10(11)3/h7-8,10-11,13H,4-6H2,1-3H3. The van der Waals surface area contributed by atoms with Crippen LogP contribution in [0.4, 0.5) is 0 Å². The summed E-state index contributed by atoms with van der Waals surface area (Å²) in [4.78, 5) is 5.72. The molecule has 0 spiro atoms. The lowest BCUT2D eigenvalue weighted by atomic mass is 10.1.